The lowest BCUT2D eigenvalue weighted by atomic mass is 9.83. The van der Waals surface area contributed by atoms with Gasteiger partial charge in [-0.25, -0.2) is 0 Å². The first kappa shape index (κ1) is 17.5. The summed E-state index contributed by atoms with van der Waals surface area (Å²) in [5, 5.41) is 14.6. The van der Waals surface area contributed by atoms with Crippen molar-refractivity contribution in [3.8, 4) is 5.75 Å². The van der Waals surface area contributed by atoms with E-state index in [4.69, 9.17) is 9.47 Å². The van der Waals surface area contributed by atoms with Crippen molar-refractivity contribution < 1.29 is 14.6 Å². The van der Waals surface area contributed by atoms with E-state index >= 15 is 0 Å². The van der Waals surface area contributed by atoms with E-state index in [1.807, 2.05) is 25.1 Å². The molecule has 1 heterocycles. The second kappa shape index (κ2) is 7.64. The van der Waals surface area contributed by atoms with Gasteiger partial charge in [-0.2, -0.15) is 0 Å². The molecule has 0 aromatic heterocycles. The molecule has 1 saturated carbocycles. The Kier molecular flexibility index (Phi) is 6.09. The van der Waals surface area contributed by atoms with Gasteiger partial charge in [0.05, 0.1) is 24.9 Å². The maximum Gasteiger partial charge on any atom is 0.122 e. The number of hydrogen-bond donors (Lipinski definition) is 2. The second-order valence-corrected chi connectivity index (χ2v) is 6.05. The molecule has 0 spiro atoms. The molecule has 1 saturated heterocycles. The highest BCUT2D eigenvalue weighted by atomic mass is 35.5. The van der Waals surface area contributed by atoms with Crippen LogP contribution in [0.4, 0.5) is 0 Å². The molecular formula is C17H26ClNO3. The smallest absolute Gasteiger partial charge is 0.122 e. The number of halogens is 1. The van der Waals surface area contributed by atoms with Crippen molar-refractivity contribution in [2.24, 2.45) is 5.92 Å². The van der Waals surface area contributed by atoms with Gasteiger partial charge in [0.2, 0.25) is 0 Å². The Morgan fingerprint density at radius 3 is 2.77 bits per heavy atom. The van der Waals surface area contributed by atoms with E-state index < -0.39 is 5.60 Å². The molecule has 2 N–H and O–H groups in total. The average molecular weight is 328 g/mol. The van der Waals surface area contributed by atoms with Gasteiger partial charge in [-0.15, -0.1) is 12.4 Å². The second-order valence-electron chi connectivity index (χ2n) is 6.05. The fourth-order valence-corrected chi connectivity index (χ4v) is 3.24. The fraction of sp³-hybridized carbons (Fsp3) is 0.647. The molecule has 3 rings (SSSR count). The van der Waals surface area contributed by atoms with Crippen LogP contribution in [0.3, 0.4) is 0 Å². The van der Waals surface area contributed by atoms with Crippen LogP contribution >= 0.6 is 12.4 Å². The van der Waals surface area contributed by atoms with Crippen LogP contribution in [0.5, 0.6) is 5.75 Å². The van der Waals surface area contributed by atoms with Gasteiger partial charge < -0.3 is 19.9 Å². The Hall–Kier alpha value is -0.810. The van der Waals surface area contributed by atoms with Crippen molar-refractivity contribution in [1.29, 1.82) is 0 Å². The number of aliphatic hydroxyl groups is 1. The molecule has 2 atom stereocenters. The molecule has 0 radical (unpaired) electrons. The predicted molar refractivity (Wildman–Crippen MR) is 88.8 cm³/mol. The third-order valence-corrected chi connectivity index (χ3v) is 4.52. The zero-order valence-corrected chi connectivity index (χ0v) is 13.9. The summed E-state index contributed by atoms with van der Waals surface area (Å²) >= 11 is 0. The van der Waals surface area contributed by atoms with Crippen molar-refractivity contribution in [1.82, 2.24) is 5.32 Å². The molecule has 2 unspecified atom stereocenters. The maximum atomic E-state index is 11.3. The molecule has 4 nitrogen and oxygen atoms in total. The zero-order chi connectivity index (χ0) is 14.7. The van der Waals surface area contributed by atoms with Gasteiger partial charge in [-0.1, -0.05) is 18.2 Å². The molecule has 1 aromatic rings. The number of nitrogens with one attached hydrogen (secondary N) is 1. The van der Waals surface area contributed by atoms with Crippen LogP contribution in [0, 0.1) is 5.92 Å². The lowest BCUT2D eigenvalue weighted by Gasteiger charge is -2.39. The average Bonchev–Trinajstić information content (AvgIpc) is 3.35. The quantitative estimate of drug-likeness (QED) is 0.841. The van der Waals surface area contributed by atoms with E-state index in [-0.39, 0.29) is 18.5 Å². The van der Waals surface area contributed by atoms with Crippen LogP contribution in [0.25, 0.3) is 0 Å². The van der Waals surface area contributed by atoms with Crippen molar-refractivity contribution in [2.75, 3.05) is 26.3 Å². The number of hydrogen-bond acceptors (Lipinski definition) is 4. The van der Waals surface area contributed by atoms with E-state index in [0.717, 1.165) is 37.2 Å². The Morgan fingerprint density at radius 1 is 1.36 bits per heavy atom. The summed E-state index contributed by atoms with van der Waals surface area (Å²) in [6.45, 7) is 4.89. The Balaban J connectivity index is 0.00000176. The topological polar surface area (TPSA) is 50.7 Å². The number of benzene rings is 1. The largest absolute Gasteiger partial charge is 0.494 e. The highest BCUT2D eigenvalue weighted by Crippen LogP contribution is 2.45. The van der Waals surface area contributed by atoms with Crippen molar-refractivity contribution in [3.63, 3.8) is 0 Å². The standard InChI is InChI=1S/C17H25NO3.ClH/c1-2-20-15-6-4-3-5-13(15)11-17(19,14-7-8-14)16-12-18-9-10-21-16;/h3-6,14,16,18-19H,2,7-12H2,1H3;1H. The highest BCUT2D eigenvalue weighted by molar-refractivity contribution is 5.85. The molecule has 2 fully saturated rings. The van der Waals surface area contributed by atoms with E-state index in [1.54, 1.807) is 0 Å². The summed E-state index contributed by atoms with van der Waals surface area (Å²) in [5.74, 6) is 1.22. The van der Waals surface area contributed by atoms with Crippen LogP contribution in [0.2, 0.25) is 0 Å². The van der Waals surface area contributed by atoms with Gasteiger partial charge >= 0.3 is 0 Å². The van der Waals surface area contributed by atoms with Crippen molar-refractivity contribution >= 4 is 12.4 Å². The van der Waals surface area contributed by atoms with Gasteiger partial charge in [0, 0.05) is 19.5 Å². The van der Waals surface area contributed by atoms with Crippen molar-refractivity contribution in [3.05, 3.63) is 29.8 Å². The van der Waals surface area contributed by atoms with E-state index in [2.05, 4.69) is 11.4 Å². The summed E-state index contributed by atoms with van der Waals surface area (Å²) in [7, 11) is 0. The molecule has 0 bridgehead atoms. The summed E-state index contributed by atoms with van der Waals surface area (Å²) in [4.78, 5) is 0. The van der Waals surface area contributed by atoms with E-state index in [9.17, 15) is 5.11 Å². The lowest BCUT2D eigenvalue weighted by molar-refractivity contribution is -0.130. The molecular weight excluding hydrogens is 302 g/mol. The molecule has 0 amide bonds. The first-order valence-electron chi connectivity index (χ1n) is 7.99. The highest BCUT2D eigenvalue weighted by Gasteiger charge is 2.50. The van der Waals surface area contributed by atoms with E-state index in [0.29, 0.717) is 25.6 Å². The molecule has 2 aliphatic rings. The summed E-state index contributed by atoms with van der Waals surface area (Å²) in [6.07, 6.45) is 2.65. The Bertz CT molecular complexity index is 475. The Morgan fingerprint density at radius 2 is 2.14 bits per heavy atom. The van der Waals surface area contributed by atoms with Crippen LogP contribution in [0.15, 0.2) is 24.3 Å². The SMILES string of the molecule is CCOc1ccccc1CC(O)(C1CC1)C1CNCCO1.Cl. The molecule has 1 aromatic carbocycles. The minimum atomic E-state index is -0.791. The van der Waals surface area contributed by atoms with Gasteiger partial charge in [0.1, 0.15) is 5.75 Å². The molecule has 1 aliphatic carbocycles. The molecule has 22 heavy (non-hydrogen) atoms. The third-order valence-electron chi connectivity index (χ3n) is 4.52. The maximum absolute atomic E-state index is 11.3. The van der Waals surface area contributed by atoms with Crippen LogP contribution < -0.4 is 10.1 Å². The van der Waals surface area contributed by atoms with Gasteiger partial charge in [-0.05, 0) is 37.3 Å². The van der Waals surface area contributed by atoms with Crippen molar-refractivity contribution in [2.45, 2.75) is 37.9 Å². The third kappa shape index (κ3) is 3.74. The number of ether oxygens (including phenoxy) is 2. The number of rotatable bonds is 6. The van der Waals surface area contributed by atoms with Crippen LogP contribution in [-0.2, 0) is 11.2 Å². The van der Waals surface area contributed by atoms with Gasteiger partial charge in [0.25, 0.3) is 0 Å². The summed E-state index contributed by atoms with van der Waals surface area (Å²) in [5.41, 5.74) is 0.281. The molecule has 1 aliphatic heterocycles. The first-order chi connectivity index (χ1) is 10.2. The normalized spacial score (nSPS) is 24.2. The Labute approximate surface area is 138 Å². The molecule has 124 valence electrons. The molecule has 5 heteroatoms. The lowest BCUT2D eigenvalue weighted by Crippen LogP contribution is -2.55. The number of morpholine rings is 1. The van der Waals surface area contributed by atoms with Crippen LogP contribution in [-0.4, -0.2) is 43.1 Å². The number of para-hydroxylation sites is 1. The van der Waals surface area contributed by atoms with Crippen LogP contribution in [0.1, 0.15) is 25.3 Å². The van der Waals surface area contributed by atoms with E-state index in [1.165, 1.54) is 0 Å². The van der Waals surface area contributed by atoms with Gasteiger partial charge in [-0.3, -0.25) is 0 Å². The minimum Gasteiger partial charge on any atom is -0.494 e. The summed E-state index contributed by atoms with van der Waals surface area (Å²) < 4.78 is 11.6. The fourth-order valence-electron chi connectivity index (χ4n) is 3.24. The first-order valence-corrected chi connectivity index (χ1v) is 7.99. The monoisotopic (exact) mass is 327 g/mol. The zero-order valence-electron chi connectivity index (χ0n) is 13.1. The summed E-state index contributed by atoms with van der Waals surface area (Å²) in [6, 6.07) is 8.01. The predicted octanol–water partition coefficient (Wildman–Crippen LogP) is 2.18. The van der Waals surface area contributed by atoms with Gasteiger partial charge in [0.15, 0.2) is 0 Å². The minimum absolute atomic E-state index is 0.